The van der Waals surface area contributed by atoms with Gasteiger partial charge in [-0.2, -0.15) is 0 Å². The molecule has 0 rings (SSSR count). The molecule has 0 heterocycles. The number of nitrogens with one attached hydrogen (secondary N) is 2. The molecule has 0 aromatic heterocycles. The Balaban J connectivity index is 4.79. The van der Waals surface area contributed by atoms with Crippen LogP contribution >= 0.6 is 7.44 Å². The molecule has 0 aliphatic heterocycles. The molecular formula is C12H26N3O5P. The third-order valence-electron chi connectivity index (χ3n) is 2.53. The molecule has 2 atom stereocenters. The van der Waals surface area contributed by atoms with E-state index in [1.54, 1.807) is 13.8 Å². The largest absolute Gasteiger partial charge is 0.465 e. The molecule has 21 heavy (non-hydrogen) atoms. The summed E-state index contributed by atoms with van der Waals surface area (Å²) < 4.78 is 22.4. The second-order valence-electron chi connectivity index (χ2n) is 4.46. The van der Waals surface area contributed by atoms with E-state index in [1.165, 1.54) is 13.8 Å². The van der Waals surface area contributed by atoms with Crippen LogP contribution in [0.1, 0.15) is 27.7 Å². The molecule has 9 heteroatoms. The van der Waals surface area contributed by atoms with Gasteiger partial charge in [0, 0.05) is 12.7 Å². The lowest BCUT2D eigenvalue weighted by molar-refractivity contribution is -0.145. The molecule has 0 spiro atoms. The summed E-state index contributed by atoms with van der Waals surface area (Å²) in [6.45, 7) is 7.06. The lowest BCUT2D eigenvalue weighted by atomic mass is 10.4. The van der Waals surface area contributed by atoms with Crippen molar-refractivity contribution in [3.05, 3.63) is 0 Å². The zero-order valence-electron chi connectivity index (χ0n) is 13.0. The van der Waals surface area contributed by atoms with Crippen molar-refractivity contribution >= 4 is 19.4 Å². The summed E-state index contributed by atoms with van der Waals surface area (Å²) >= 11 is 0. The number of carbonyl (C=O) groups is 2. The van der Waals surface area contributed by atoms with Crippen molar-refractivity contribution in [3.8, 4) is 0 Å². The Labute approximate surface area is 125 Å². The second kappa shape index (κ2) is 9.89. The number of esters is 2. The molecule has 124 valence electrons. The summed E-state index contributed by atoms with van der Waals surface area (Å²) in [6.07, 6.45) is 0.0977. The Morgan fingerprint density at radius 3 is 1.71 bits per heavy atom. The molecule has 0 aliphatic rings. The average molecular weight is 323 g/mol. The number of hydrogen-bond donors (Lipinski definition) is 3. The fourth-order valence-corrected chi connectivity index (χ4v) is 3.77. The molecule has 0 aromatic carbocycles. The molecule has 0 aliphatic carbocycles. The molecule has 2 unspecified atom stereocenters. The van der Waals surface area contributed by atoms with Gasteiger partial charge in [-0.05, 0) is 27.7 Å². The third-order valence-corrected chi connectivity index (χ3v) is 5.03. The monoisotopic (exact) mass is 323 g/mol. The molecule has 4 N–H and O–H groups in total. The number of carbonyl (C=O) groups excluding carboxylic acids is 2. The highest BCUT2D eigenvalue weighted by Crippen LogP contribution is 2.36. The van der Waals surface area contributed by atoms with E-state index in [1.807, 2.05) is 0 Å². The van der Waals surface area contributed by atoms with Crippen molar-refractivity contribution in [2.24, 2.45) is 5.73 Å². The number of ether oxygens (including phenoxy) is 2. The van der Waals surface area contributed by atoms with Crippen LogP contribution in [0.15, 0.2) is 0 Å². The predicted octanol–water partition coefficient (Wildman–Crippen LogP) is 0.221. The van der Waals surface area contributed by atoms with E-state index < -0.39 is 31.5 Å². The van der Waals surface area contributed by atoms with E-state index >= 15 is 0 Å². The van der Waals surface area contributed by atoms with E-state index in [0.717, 1.165) is 0 Å². The van der Waals surface area contributed by atoms with Crippen molar-refractivity contribution in [2.75, 3.05) is 25.9 Å². The molecule has 0 amide bonds. The maximum absolute atomic E-state index is 12.7. The molecule has 0 saturated carbocycles. The smallest absolute Gasteiger partial charge is 0.323 e. The second-order valence-corrected chi connectivity index (χ2v) is 6.90. The van der Waals surface area contributed by atoms with Gasteiger partial charge in [0.2, 0.25) is 7.44 Å². The van der Waals surface area contributed by atoms with Crippen LogP contribution in [0.3, 0.4) is 0 Å². The van der Waals surface area contributed by atoms with Crippen LogP contribution in [0.25, 0.3) is 0 Å². The standard InChI is InChI=1S/C12H26N3O5P/c1-5-19-11(16)9(3)14-21(18,8-7-13)15-10(4)12(17)20-6-2/h9-10H,5-8,13H2,1-4H3,(H2,14,15,18). The third kappa shape index (κ3) is 7.57. The van der Waals surface area contributed by atoms with Crippen LogP contribution in [0.2, 0.25) is 0 Å². The minimum absolute atomic E-state index is 0.0977. The van der Waals surface area contributed by atoms with Crippen LogP contribution in [-0.4, -0.2) is 49.9 Å². The molecule has 0 radical (unpaired) electrons. The maximum Gasteiger partial charge on any atom is 0.323 e. The van der Waals surface area contributed by atoms with Crippen molar-refractivity contribution in [1.29, 1.82) is 0 Å². The van der Waals surface area contributed by atoms with Crippen LogP contribution in [0.4, 0.5) is 0 Å². The van der Waals surface area contributed by atoms with Crippen LogP contribution < -0.4 is 15.9 Å². The summed E-state index contributed by atoms with van der Waals surface area (Å²) in [5.41, 5.74) is 5.45. The number of rotatable bonds is 10. The van der Waals surface area contributed by atoms with Gasteiger partial charge in [-0.1, -0.05) is 0 Å². The Morgan fingerprint density at radius 1 is 1.05 bits per heavy atom. The molecular weight excluding hydrogens is 297 g/mol. The van der Waals surface area contributed by atoms with Gasteiger partial charge < -0.3 is 15.2 Å². The predicted molar refractivity (Wildman–Crippen MR) is 80.0 cm³/mol. The first kappa shape index (κ1) is 20.1. The normalized spacial score (nSPS) is 16.6. The topological polar surface area (TPSA) is 120 Å². The van der Waals surface area contributed by atoms with E-state index in [4.69, 9.17) is 15.2 Å². The summed E-state index contributed by atoms with van der Waals surface area (Å²) in [4.78, 5) is 23.2. The van der Waals surface area contributed by atoms with Gasteiger partial charge in [0.05, 0.1) is 13.2 Å². The van der Waals surface area contributed by atoms with Crippen molar-refractivity contribution in [3.63, 3.8) is 0 Å². The quantitative estimate of drug-likeness (QED) is 0.386. The van der Waals surface area contributed by atoms with E-state index in [2.05, 4.69) is 10.2 Å². The Bertz CT molecular complexity index is 361. The first-order valence-corrected chi connectivity index (χ1v) is 8.86. The Morgan fingerprint density at radius 2 is 1.43 bits per heavy atom. The van der Waals surface area contributed by atoms with Gasteiger partial charge in [-0.25, -0.2) is 10.2 Å². The fraction of sp³-hybridized carbons (Fsp3) is 0.833. The number of hydrogen-bond acceptors (Lipinski definition) is 6. The van der Waals surface area contributed by atoms with Crippen LogP contribution in [0, 0.1) is 0 Å². The van der Waals surface area contributed by atoms with E-state index in [9.17, 15) is 14.2 Å². The van der Waals surface area contributed by atoms with Gasteiger partial charge in [0.15, 0.2) is 0 Å². The van der Waals surface area contributed by atoms with Gasteiger partial charge in [-0.3, -0.25) is 14.2 Å². The molecule has 8 nitrogen and oxygen atoms in total. The highest BCUT2D eigenvalue weighted by molar-refractivity contribution is 7.60. The Kier molecular flexibility index (Phi) is 9.44. The van der Waals surface area contributed by atoms with Crippen molar-refractivity contribution < 1.29 is 23.6 Å². The van der Waals surface area contributed by atoms with Gasteiger partial charge >= 0.3 is 11.9 Å². The van der Waals surface area contributed by atoms with Gasteiger partial charge in [0.1, 0.15) is 12.1 Å². The summed E-state index contributed by atoms with van der Waals surface area (Å²) in [5.74, 6) is -1.03. The molecule has 0 bridgehead atoms. The molecule has 0 aromatic rings. The highest BCUT2D eigenvalue weighted by atomic mass is 31.2. The van der Waals surface area contributed by atoms with Gasteiger partial charge in [-0.15, -0.1) is 0 Å². The highest BCUT2D eigenvalue weighted by Gasteiger charge is 2.30. The zero-order valence-corrected chi connectivity index (χ0v) is 13.9. The van der Waals surface area contributed by atoms with E-state index in [0.29, 0.717) is 0 Å². The number of nitrogens with two attached hydrogens (primary N) is 1. The minimum Gasteiger partial charge on any atom is -0.465 e. The molecule has 0 fully saturated rings. The lowest BCUT2D eigenvalue weighted by Gasteiger charge is -2.25. The van der Waals surface area contributed by atoms with Gasteiger partial charge in [0.25, 0.3) is 0 Å². The zero-order chi connectivity index (χ0) is 16.5. The van der Waals surface area contributed by atoms with E-state index in [-0.39, 0.29) is 25.9 Å². The summed E-state index contributed by atoms with van der Waals surface area (Å²) in [7, 11) is -3.21. The minimum atomic E-state index is -3.21. The van der Waals surface area contributed by atoms with Crippen LogP contribution in [0.5, 0.6) is 0 Å². The average Bonchev–Trinajstić information content (AvgIpc) is 2.38. The lowest BCUT2D eigenvalue weighted by Crippen LogP contribution is -2.43. The first-order valence-electron chi connectivity index (χ1n) is 6.97. The maximum atomic E-state index is 12.7. The first-order chi connectivity index (χ1) is 9.79. The molecule has 0 saturated heterocycles. The van der Waals surface area contributed by atoms with Crippen molar-refractivity contribution in [2.45, 2.75) is 39.8 Å². The Hall–Kier alpha value is -0.950. The summed E-state index contributed by atoms with van der Waals surface area (Å²) in [5, 5.41) is 5.38. The summed E-state index contributed by atoms with van der Waals surface area (Å²) in [6, 6.07) is -1.55. The van der Waals surface area contributed by atoms with Crippen molar-refractivity contribution in [1.82, 2.24) is 10.2 Å². The fourth-order valence-electron chi connectivity index (χ4n) is 1.61. The SMILES string of the molecule is CCOC(=O)C(C)NP(=O)(CCN)NC(C)C(=O)OCC. The van der Waals surface area contributed by atoms with Crippen LogP contribution in [-0.2, 0) is 23.6 Å².